The van der Waals surface area contributed by atoms with E-state index in [1.165, 1.54) is 12.8 Å². The quantitative estimate of drug-likeness (QED) is 0.540. The van der Waals surface area contributed by atoms with Gasteiger partial charge in [0, 0.05) is 0 Å². The molecule has 0 aromatic heterocycles. The maximum absolute atomic E-state index is 13.1. The summed E-state index contributed by atoms with van der Waals surface area (Å²) >= 11 is 0. The Morgan fingerprint density at radius 1 is 0.966 bits per heavy atom. The molecule has 0 heterocycles. The van der Waals surface area contributed by atoms with E-state index in [-0.39, 0.29) is 23.4 Å². The predicted octanol–water partition coefficient (Wildman–Crippen LogP) is 6.32. The number of carbonyl (C=O) groups is 2. The fourth-order valence-corrected chi connectivity index (χ4v) is 5.60. The fraction of sp³-hybridized carbons (Fsp3) is 0.920. The van der Waals surface area contributed by atoms with Crippen LogP contribution in [0.3, 0.4) is 0 Å². The van der Waals surface area contributed by atoms with Gasteiger partial charge in [-0.1, -0.05) is 54.9 Å². The average Bonchev–Trinajstić information content (AvgIpc) is 2.58. The lowest BCUT2D eigenvalue weighted by Crippen LogP contribution is -2.42. The summed E-state index contributed by atoms with van der Waals surface area (Å²) in [4.78, 5) is 25.0. The lowest BCUT2D eigenvalue weighted by molar-refractivity contribution is -0.170. The zero-order valence-electron chi connectivity index (χ0n) is 19.8. The molecule has 2 rings (SSSR count). The SMILES string of the molecule is CC1CCCC(C(=O)OC(CC(C)(C)C)C2CCC(C(C)(C)C)CC2)C1C(=O)O. The van der Waals surface area contributed by atoms with Crippen LogP contribution in [0.5, 0.6) is 0 Å². The number of rotatable bonds is 5. The molecule has 2 saturated carbocycles. The first-order valence-corrected chi connectivity index (χ1v) is 11.7. The highest BCUT2D eigenvalue weighted by Gasteiger charge is 2.43. The molecular formula is C25H44O4. The summed E-state index contributed by atoms with van der Waals surface area (Å²) < 4.78 is 6.15. The molecule has 0 radical (unpaired) electrons. The van der Waals surface area contributed by atoms with Gasteiger partial charge in [0.2, 0.25) is 0 Å². The average molecular weight is 409 g/mol. The van der Waals surface area contributed by atoms with Gasteiger partial charge < -0.3 is 9.84 Å². The Hall–Kier alpha value is -1.06. The zero-order chi connectivity index (χ0) is 22.0. The molecule has 2 fully saturated rings. The van der Waals surface area contributed by atoms with Gasteiger partial charge in [-0.2, -0.15) is 0 Å². The predicted molar refractivity (Wildman–Crippen MR) is 116 cm³/mol. The first-order chi connectivity index (χ1) is 13.3. The molecule has 2 aliphatic rings. The third-order valence-corrected chi connectivity index (χ3v) is 7.41. The van der Waals surface area contributed by atoms with Gasteiger partial charge in [0.05, 0.1) is 11.8 Å². The molecule has 0 aromatic carbocycles. The second-order valence-electron chi connectivity index (χ2n) is 12.1. The van der Waals surface area contributed by atoms with Crippen LogP contribution in [0.2, 0.25) is 0 Å². The number of ether oxygens (including phenoxy) is 1. The Morgan fingerprint density at radius 2 is 1.55 bits per heavy atom. The van der Waals surface area contributed by atoms with E-state index >= 15 is 0 Å². The van der Waals surface area contributed by atoms with Crippen LogP contribution < -0.4 is 0 Å². The van der Waals surface area contributed by atoms with E-state index in [2.05, 4.69) is 41.5 Å². The monoisotopic (exact) mass is 408 g/mol. The molecule has 0 saturated heterocycles. The van der Waals surface area contributed by atoms with Gasteiger partial charge in [-0.05, 0) is 73.5 Å². The number of carboxylic acid groups (broad SMARTS) is 1. The molecule has 4 unspecified atom stereocenters. The molecule has 0 amide bonds. The molecule has 1 N–H and O–H groups in total. The van der Waals surface area contributed by atoms with Gasteiger partial charge in [-0.15, -0.1) is 0 Å². The fourth-order valence-electron chi connectivity index (χ4n) is 5.60. The summed E-state index contributed by atoms with van der Waals surface area (Å²) in [5.41, 5.74) is 0.395. The third kappa shape index (κ3) is 6.72. The van der Waals surface area contributed by atoms with Gasteiger partial charge in [-0.3, -0.25) is 9.59 Å². The second kappa shape index (κ2) is 9.39. The van der Waals surface area contributed by atoms with Crippen molar-refractivity contribution in [2.24, 2.45) is 40.4 Å². The van der Waals surface area contributed by atoms with Gasteiger partial charge in [0.15, 0.2) is 0 Å². The van der Waals surface area contributed by atoms with Crippen LogP contribution in [0.1, 0.15) is 99.8 Å². The van der Waals surface area contributed by atoms with Gasteiger partial charge in [0.1, 0.15) is 6.10 Å². The number of esters is 1. The van der Waals surface area contributed by atoms with Crippen LogP contribution >= 0.6 is 0 Å². The number of hydrogen-bond acceptors (Lipinski definition) is 3. The van der Waals surface area contributed by atoms with Crippen LogP contribution in [-0.2, 0) is 14.3 Å². The van der Waals surface area contributed by atoms with Crippen LogP contribution in [0, 0.1) is 40.4 Å². The Morgan fingerprint density at radius 3 is 2.03 bits per heavy atom. The molecule has 0 bridgehead atoms. The van der Waals surface area contributed by atoms with Crippen molar-refractivity contribution in [2.45, 2.75) is 106 Å². The molecule has 4 heteroatoms. The number of hydrogen-bond donors (Lipinski definition) is 1. The molecule has 0 aromatic rings. The van der Waals surface area contributed by atoms with Crippen molar-refractivity contribution in [3.63, 3.8) is 0 Å². The lowest BCUT2D eigenvalue weighted by atomic mass is 9.67. The normalized spacial score (nSPS) is 32.4. The van der Waals surface area contributed by atoms with Gasteiger partial charge in [0.25, 0.3) is 0 Å². The highest BCUT2D eigenvalue weighted by molar-refractivity contribution is 5.81. The van der Waals surface area contributed by atoms with Crippen molar-refractivity contribution in [2.75, 3.05) is 0 Å². The van der Waals surface area contributed by atoms with Crippen LogP contribution in [0.25, 0.3) is 0 Å². The molecule has 29 heavy (non-hydrogen) atoms. The highest BCUT2D eigenvalue weighted by atomic mass is 16.5. The summed E-state index contributed by atoms with van der Waals surface area (Å²) in [6, 6.07) is 0. The van der Waals surface area contributed by atoms with E-state index in [9.17, 15) is 14.7 Å². The minimum atomic E-state index is -0.850. The van der Waals surface area contributed by atoms with Crippen molar-refractivity contribution in [1.82, 2.24) is 0 Å². The molecule has 4 nitrogen and oxygen atoms in total. The summed E-state index contributed by atoms with van der Waals surface area (Å²) in [5, 5.41) is 9.69. The molecular weight excluding hydrogens is 364 g/mol. The van der Waals surface area contributed by atoms with Crippen molar-refractivity contribution in [1.29, 1.82) is 0 Å². The van der Waals surface area contributed by atoms with Gasteiger partial charge >= 0.3 is 11.9 Å². The van der Waals surface area contributed by atoms with E-state index in [1.807, 2.05) is 6.92 Å². The smallest absolute Gasteiger partial charge is 0.310 e. The number of aliphatic carboxylic acids is 1. The number of carboxylic acids is 1. The molecule has 2 aliphatic carbocycles. The number of carbonyl (C=O) groups excluding carboxylic acids is 1. The summed E-state index contributed by atoms with van der Waals surface area (Å²) in [6.07, 6.45) is 7.72. The van der Waals surface area contributed by atoms with E-state index in [1.54, 1.807) is 0 Å². The summed E-state index contributed by atoms with van der Waals surface area (Å²) in [6.45, 7) is 15.5. The lowest BCUT2D eigenvalue weighted by Gasteiger charge is -2.41. The zero-order valence-corrected chi connectivity index (χ0v) is 19.8. The summed E-state index contributed by atoms with van der Waals surface area (Å²) in [7, 11) is 0. The Balaban J connectivity index is 2.10. The van der Waals surface area contributed by atoms with Crippen LogP contribution in [0.15, 0.2) is 0 Å². The Labute approximate surface area is 178 Å². The van der Waals surface area contributed by atoms with E-state index in [4.69, 9.17) is 4.74 Å². The maximum atomic E-state index is 13.1. The third-order valence-electron chi connectivity index (χ3n) is 7.41. The standard InChI is InChI=1S/C25H44O4/c1-16-9-8-10-19(21(16)22(26)27)23(28)29-20(15-24(2,3)4)17-11-13-18(14-12-17)25(5,6)7/h16-21H,8-15H2,1-7H3,(H,26,27). The first kappa shape index (κ1) is 24.2. The maximum Gasteiger partial charge on any atom is 0.310 e. The molecule has 0 aliphatic heterocycles. The van der Waals surface area contributed by atoms with Crippen molar-refractivity contribution in [3.8, 4) is 0 Å². The highest BCUT2D eigenvalue weighted by Crippen LogP contribution is 2.43. The Kier molecular flexibility index (Phi) is 7.84. The van der Waals surface area contributed by atoms with E-state index < -0.39 is 17.8 Å². The van der Waals surface area contributed by atoms with Crippen LogP contribution in [-0.4, -0.2) is 23.1 Å². The molecule has 0 spiro atoms. The molecule has 168 valence electrons. The topological polar surface area (TPSA) is 63.6 Å². The second-order valence-corrected chi connectivity index (χ2v) is 12.1. The minimum absolute atomic E-state index is 0.0297. The van der Waals surface area contributed by atoms with Gasteiger partial charge in [-0.25, -0.2) is 0 Å². The minimum Gasteiger partial charge on any atom is -0.481 e. The van der Waals surface area contributed by atoms with E-state index in [0.29, 0.717) is 17.8 Å². The largest absolute Gasteiger partial charge is 0.481 e. The van der Waals surface area contributed by atoms with E-state index in [0.717, 1.165) is 38.0 Å². The van der Waals surface area contributed by atoms with Crippen molar-refractivity contribution < 1.29 is 19.4 Å². The first-order valence-electron chi connectivity index (χ1n) is 11.7. The van der Waals surface area contributed by atoms with Crippen molar-refractivity contribution >= 4 is 11.9 Å². The molecule has 4 atom stereocenters. The Bertz CT molecular complexity index is 560. The van der Waals surface area contributed by atoms with Crippen LogP contribution in [0.4, 0.5) is 0 Å². The summed E-state index contributed by atoms with van der Waals surface area (Å²) in [5.74, 6) is -1.08. The van der Waals surface area contributed by atoms with Crippen molar-refractivity contribution in [3.05, 3.63) is 0 Å².